The molecule has 3 aliphatic rings. The number of aliphatic hydroxyl groups is 1. The number of aliphatic hydroxyl groups excluding tert-OH is 1. The third-order valence-electron chi connectivity index (χ3n) is 14.0. The van der Waals surface area contributed by atoms with Crippen LogP contribution in [0.3, 0.4) is 0 Å². The van der Waals surface area contributed by atoms with Crippen molar-refractivity contribution in [3.63, 3.8) is 0 Å². The van der Waals surface area contributed by atoms with Crippen LogP contribution in [-0.4, -0.2) is 116 Å². The van der Waals surface area contributed by atoms with Gasteiger partial charge in [0.15, 0.2) is 0 Å². The fourth-order valence-electron chi connectivity index (χ4n) is 9.92. The zero-order valence-electron chi connectivity index (χ0n) is 40.3. The van der Waals surface area contributed by atoms with Crippen molar-refractivity contribution in [2.75, 3.05) is 84.5 Å². The van der Waals surface area contributed by atoms with Crippen LogP contribution in [-0.2, 0) is 26.0 Å². The van der Waals surface area contributed by atoms with Crippen LogP contribution in [0.4, 0.5) is 35.9 Å². The Balaban J connectivity index is 0.917. The quantitative estimate of drug-likeness (QED) is 0.0625. The van der Waals surface area contributed by atoms with E-state index < -0.39 is 39.8 Å². The Morgan fingerprint density at radius 2 is 1.49 bits per heavy atom. The molecule has 3 fully saturated rings. The molecular formula is C53H57ClF3N6O7PS2. The molecule has 0 saturated carbocycles. The van der Waals surface area contributed by atoms with E-state index >= 15 is 0 Å². The van der Waals surface area contributed by atoms with Gasteiger partial charge in [-0.05, 0) is 116 Å². The second kappa shape index (κ2) is 21.8. The van der Waals surface area contributed by atoms with E-state index in [1.54, 1.807) is 31.2 Å². The maximum Gasteiger partial charge on any atom is 0.501 e. The van der Waals surface area contributed by atoms with Gasteiger partial charge in [0.2, 0.25) is 0 Å². The van der Waals surface area contributed by atoms with Crippen molar-refractivity contribution in [3.05, 3.63) is 138 Å². The van der Waals surface area contributed by atoms with Gasteiger partial charge in [-0.1, -0.05) is 54.1 Å². The third-order valence-corrected chi connectivity index (χ3v) is 19.5. The van der Waals surface area contributed by atoms with Crippen LogP contribution in [0.15, 0.2) is 131 Å². The zero-order valence-corrected chi connectivity index (χ0v) is 43.6. The number of piperidine rings is 1. The molecule has 0 spiro atoms. The first kappa shape index (κ1) is 52.4. The van der Waals surface area contributed by atoms with Crippen molar-refractivity contribution < 1.29 is 45.7 Å². The number of sulfone groups is 1. The summed E-state index contributed by atoms with van der Waals surface area (Å²) in [6.45, 7) is 6.52. The molecule has 9 rings (SSSR count). The number of nitrogens with one attached hydrogen (secondary N) is 1. The van der Waals surface area contributed by atoms with Gasteiger partial charge in [0.25, 0.3) is 9.84 Å². The predicted octanol–water partition coefficient (Wildman–Crippen LogP) is 10.4. The molecule has 3 N–H and O–H groups in total. The molecule has 0 radical (unpaired) electrons. The molecule has 6 aromatic rings. The second-order valence-corrected chi connectivity index (χ2v) is 24.3. The summed E-state index contributed by atoms with van der Waals surface area (Å²) in [5, 5.41) is 24.0. The summed E-state index contributed by atoms with van der Waals surface area (Å²) >= 11 is 7.71. The van der Waals surface area contributed by atoms with E-state index in [-0.39, 0.29) is 35.8 Å². The standard InChI is InChI=1S/C53H57ClF3N6O7PS2/c1-36-49(52(65)66)50(51(59(36)2)37-11-13-39(54)14-12-37)38-7-6-8-43(33-38)62-29-27-61(28-30-62)41-15-17-42(18-16-41)63-31-32-70-71(63,67)45-19-20-47(48(34-45)73(68,69)53(55,56)57)58-40(35-72-46-9-4-3-5-10-46)21-24-60-25-22-44(64)23-26-60/h3-20,33-34,40,44,58,64H,21-32,35H2,1-2H3,(H,65,66)/t40?,71-/m0/s1. The number of aromatic carboxylic acids is 1. The van der Waals surface area contributed by atoms with Gasteiger partial charge in [0.1, 0.15) is 4.90 Å². The summed E-state index contributed by atoms with van der Waals surface area (Å²) in [5.74, 6) is -0.594. The number of likely N-dealkylation sites (tertiary alicyclic amines) is 1. The first-order valence-corrected chi connectivity index (χ1v) is 28.6. The van der Waals surface area contributed by atoms with Crippen LogP contribution in [0, 0.1) is 6.92 Å². The van der Waals surface area contributed by atoms with Crippen molar-refractivity contribution in [1.82, 2.24) is 9.47 Å². The number of thioether (sulfide) groups is 1. The van der Waals surface area contributed by atoms with Crippen LogP contribution >= 0.6 is 30.9 Å². The molecule has 3 saturated heterocycles. The Kier molecular flexibility index (Phi) is 15.6. The van der Waals surface area contributed by atoms with E-state index in [0.29, 0.717) is 92.8 Å². The maximum atomic E-state index is 14.9. The number of nitrogens with zero attached hydrogens (tertiary/aromatic N) is 5. The van der Waals surface area contributed by atoms with Crippen molar-refractivity contribution >= 4 is 74.7 Å². The molecule has 0 aliphatic carbocycles. The second-order valence-electron chi connectivity index (χ2n) is 18.5. The lowest BCUT2D eigenvalue weighted by atomic mass is 9.96. The molecule has 386 valence electrons. The Hall–Kier alpha value is -5.46. The van der Waals surface area contributed by atoms with Crippen LogP contribution in [0.25, 0.3) is 22.4 Å². The van der Waals surface area contributed by atoms with Gasteiger partial charge in [-0.15, -0.1) is 11.8 Å². The van der Waals surface area contributed by atoms with E-state index in [4.69, 9.17) is 16.1 Å². The number of carboxylic acid groups (broad SMARTS) is 1. The smallest absolute Gasteiger partial charge is 0.478 e. The lowest BCUT2D eigenvalue weighted by molar-refractivity contribution is -0.0435. The highest BCUT2D eigenvalue weighted by Crippen LogP contribution is 2.56. The van der Waals surface area contributed by atoms with Crippen molar-refractivity contribution in [2.24, 2.45) is 7.05 Å². The summed E-state index contributed by atoms with van der Waals surface area (Å²) in [4.78, 5) is 19.3. The number of alkyl halides is 3. The fourth-order valence-corrected chi connectivity index (χ4v) is 14.3. The summed E-state index contributed by atoms with van der Waals surface area (Å²) in [6, 6.07) is 35.2. The van der Waals surface area contributed by atoms with E-state index in [2.05, 4.69) is 20.0 Å². The molecule has 1 unspecified atom stereocenters. The highest BCUT2D eigenvalue weighted by Gasteiger charge is 2.49. The largest absolute Gasteiger partial charge is 0.501 e. The Morgan fingerprint density at radius 3 is 2.15 bits per heavy atom. The third kappa shape index (κ3) is 11.2. The molecule has 73 heavy (non-hydrogen) atoms. The predicted molar refractivity (Wildman–Crippen MR) is 285 cm³/mol. The lowest BCUT2D eigenvalue weighted by Crippen LogP contribution is -2.46. The molecule has 5 aromatic carbocycles. The first-order valence-electron chi connectivity index (χ1n) is 24.1. The number of halogens is 4. The molecule has 20 heteroatoms. The Bertz CT molecular complexity index is 3100. The van der Waals surface area contributed by atoms with Crippen molar-refractivity contribution in [3.8, 4) is 22.4 Å². The van der Waals surface area contributed by atoms with Crippen LogP contribution in [0.2, 0.25) is 5.02 Å². The van der Waals surface area contributed by atoms with Gasteiger partial charge in [-0.2, -0.15) is 13.2 Å². The van der Waals surface area contributed by atoms with Crippen molar-refractivity contribution in [1.29, 1.82) is 0 Å². The number of benzene rings is 5. The van der Waals surface area contributed by atoms with Crippen LogP contribution in [0.5, 0.6) is 0 Å². The van der Waals surface area contributed by atoms with E-state index in [0.717, 1.165) is 39.2 Å². The topological polar surface area (TPSA) is 148 Å². The summed E-state index contributed by atoms with van der Waals surface area (Å²) in [7, 11) is -8.18. The molecule has 1 aromatic heterocycles. The Morgan fingerprint density at radius 1 is 0.836 bits per heavy atom. The zero-order chi connectivity index (χ0) is 51.7. The van der Waals surface area contributed by atoms with Gasteiger partial charge in [-0.25, -0.2) is 13.2 Å². The number of hydrogen-bond donors (Lipinski definition) is 3. The number of carbonyl (C=O) groups is 1. The highest BCUT2D eigenvalue weighted by atomic mass is 35.5. The number of piperazine rings is 1. The summed E-state index contributed by atoms with van der Waals surface area (Å²) in [6.07, 6.45) is 1.35. The van der Waals surface area contributed by atoms with Gasteiger partial charge < -0.3 is 39.3 Å². The molecule has 13 nitrogen and oxygen atoms in total. The number of rotatable bonds is 16. The van der Waals surface area contributed by atoms with Gasteiger partial charge in [-0.3, -0.25) is 9.24 Å². The summed E-state index contributed by atoms with van der Waals surface area (Å²) in [5.41, 5.74) is 0.357. The molecule has 4 heterocycles. The van der Waals surface area contributed by atoms with E-state index in [1.807, 2.05) is 90.5 Å². The van der Waals surface area contributed by atoms with Crippen LogP contribution < -0.4 is 25.1 Å². The molecule has 2 atom stereocenters. The minimum Gasteiger partial charge on any atom is -0.478 e. The molecular weight excluding hydrogens is 1020 g/mol. The highest BCUT2D eigenvalue weighted by molar-refractivity contribution is 7.99. The average molecular weight is 1080 g/mol. The van der Waals surface area contributed by atoms with Crippen molar-refractivity contribution in [2.45, 2.75) is 53.6 Å². The number of carboxylic acids is 1. The van der Waals surface area contributed by atoms with Crippen LogP contribution in [0.1, 0.15) is 35.3 Å². The SMILES string of the molecule is Cc1c(C(=O)O)c(-c2cccc(N3CCN(c4ccc(N5CCO[P@@]5(=O)c5ccc(NC(CCN6CCC(O)CC6)CSc6ccccc6)c(S(=O)(=O)C(F)(F)F)c5)cc4)CC3)c2)c(-c2ccc(Cl)cc2)n1C. The average Bonchev–Trinajstić information content (AvgIpc) is 3.92. The number of hydrogen-bond acceptors (Lipinski definition) is 11. The van der Waals surface area contributed by atoms with E-state index in [9.17, 15) is 41.2 Å². The summed E-state index contributed by atoms with van der Waals surface area (Å²) < 4.78 is 94.5. The normalized spacial score (nSPS) is 18.6. The number of aromatic nitrogens is 1. The number of anilines is 4. The van der Waals surface area contributed by atoms with E-state index in [1.165, 1.54) is 28.6 Å². The Labute approximate surface area is 432 Å². The van der Waals surface area contributed by atoms with Gasteiger partial charge in [0.05, 0.1) is 41.5 Å². The monoisotopic (exact) mass is 1080 g/mol. The van der Waals surface area contributed by atoms with Gasteiger partial charge >= 0.3 is 19.0 Å². The van der Waals surface area contributed by atoms with Gasteiger partial charge in [0, 0.05) is 103 Å². The molecule has 3 aliphatic heterocycles. The minimum absolute atomic E-state index is 0.000203. The maximum absolute atomic E-state index is 14.9. The fraction of sp³-hybridized carbons (Fsp3) is 0.340. The first-order chi connectivity index (χ1) is 34.9. The molecule has 0 bridgehead atoms. The minimum atomic E-state index is -5.93. The molecule has 0 amide bonds. The lowest BCUT2D eigenvalue weighted by Gasteiger charge is -2.37.